The molecule has 3 heterocycles. The Hall–Kier alpha value is -3.01. The highest BCUT2D eigenvalue weighted by Crippen LogP contribution is 2.33. The highest BCUT2D eigenvalue weighted by atomic mass is 32.2. The molecule has 0 saturated carbocycles. The topological polar surface area (TPSA) is 109 Å². The number of hydrogen-bond donors (Lipinski definition) is 2. The predicted molar refractivity (Wildman–Crippen MR) is 118 cm³/mol. The third-order valence-corrected chi connectivity index (χ3v) is 7.22. The van der Waals surface area contributed by atoms with Crippen molar-refractivity contribution in [2.24, 2.45) is 5.14 Å². The molecule has 0 radical (unpaired) electrons. The minimum Gasteiger partial charge on any atom is -0.363 e. The number of nitrogens with one attached hydrogen (secondary N) is 1. The van der Waals surface area contributed by atoms with Gasteiger partial charge in [0.2, 0.25) is 10.0 Å². The van der Waals surface area contributed by atoms with E-state index in [4.69, 9.17) is 5.14 Å². The molecule has 0 atom stereocenters. The van der Waals surface area contributed by atoms with E-state index in [0.717, 1.165) is 28.1 Å². The van der Waals surface area contributed by atoms with Gasteiger partial charge in [-0.3, -0.25) is 4.79 Å². The van der Waals surface area contributed by atoms with Crippen molar-refractivity contribution in [2.45, 2.75) is 17.9 Å². The van der Waals surface area contributed by atoms with Gasteiger partial charge in [0.25, 0.3) is 5.56 Å². The van der Waals surface area contributed by atoms with E-state index in [0.29, 0.717) is 29.1 Å². The summed E-state index contributed by atoms with van der Waals surface area (Å²) in [5, 5.41) is 5.85. The molecule has 152 valence electrons. The molecule has 3 N–H and O–H groups in total. The largest absolute Gasteiger partial charge is 0.363 e. The van der Waals surface area contributed by atoms with Crippen molar-refractivity contribution < 1.29 is 8.42 Å². The molecular weight excluding hydrogens is 420 g/mol. The first-order chi connectivity index (χ1) is 14.4. The zero-order valence-electron chi connectivity index (χ0n) is 15.8. The summed E-state index contributed by atoms with van der Waals surface area (Å²) in [6, 6.07) is 16.7. The summed E-state index contributed by atoms with van der Waals surface area (Å²) < 4.78 is 23.4. The van der Waals surface area contributed by atoms with Crippen LogP contribution < -0.4 is 15.6 Å². The van der Waals surface area contributed by atoms with Crippen molar-refractivity contribution >= 4 is 37.3 Å². The molecule has 0 amide bonds. The van der Waals surface area contributed by atoms with Gasteiger partial charge in [-0.1, -0.05) is 36.4 Å². The number of benzene rings is 2. The summed E-state index contributed by atoms with van der Waals surface area (Å²) in [5.41, 5.74) is 2.73. The van der Waals surface area contributed by atoms with E-state index in [2.05, 4.69) is 9.97 Å². The van der Waals surface area contributed by atoms with Gasteiger partial charge in [-0.25, -0.2) is 18.5 Å². The highest BCUT2D eigenvalue weighted by Gasteiger charge is 2.23. The molecule has 5 rings (SSSR count). The molecule has 7 nitrogen and oxygen atoms in total. The minimum absolute atomic E-state index is 0.0795. The molecule has 1 aliphatic rings. The lowest BCUT2D eigenvalue weighted by molar-refractivity contribution is 0.598. The van der Waals surface area contributed by atoms with E-state index >= 15 is 0 Å². The van der Waals surface area contributed by atoms with Crippen molar-refractivity contribution in [1.82, 2.24) is 9.97 Å². The van der Waals surface area contributed by atoms with Crippen molar-refractivity contribution in [3.8, 4) is 10.4 Å². The van der Waals surface area contributed by atoms with Crippen LogP contribution in [0, 0.1) is 0 Å². The number of fused-ring (bicyclic) bond motifs is 2. The number of aromatic amines is 1. The van der Waals surface area contributed by atoms with Crippen LogP contribution in [0.1, 0.15) is 11.4 Å². The van der Waals surface area contributed by atoms with Crippen LogP contribution in [0.15, 0.2) is 64.3 Å². The number of rotatable bonds is 4. The number of aromatic nitrogens is 2. The standard InChI is InChI=1S/C21H18N4O3S2/c22-30(27,28)15-7-6-13-8-9-25(17(13)10-15)12-19-23-20(26)16-11-18(29-21(16)24-19)14-4-2-1-3-5-14/h1-7,10-11H,8-9,12H2,(H2,22,27,28)(H,23,24,26). The predicted octanol–water partition coefficient (Wildman–Crippen LogP) is 2.86. The maximum Gasteiger partial charge on any atom is 0.259 e. The molecule has 1 aliphatic heterocycles. The number of H-pyrrole nitrogens is 1. The van der Waals surface area contributed by atoms with Crippen molar-refractivity contribution in [2.75, 3.05) is 11.4 Å². The minimum atomic E-state index is -3.78. The first kappa shape index (κ1) is 19.0. The highest BCUT2D eigenvalue weighted by molar-refractivity contribution is 7.89. The van der Waals surface area contributed by atoms with Crippen LogP contribution in [0.4, 0.5) is 5.69 Å². The number of nitrogens with zero attached hydrogens (tertiary/aromatic N) is 2. The molecular formula is C21H18N4O3S2. The Morgan fingerprint density at radius 2 is 1.93 bits per heavy atom. The van der Waals surface area contributed by atoms with Gasteiger partial charge >= 0.3 is 0 Å². The average Bonchev–Trinajstić information content (AvgIpc) is 3.32. The Balaban J connectivity index is 1.50. The summed E-state index contributed by atoms with van der Waals surface area (Å²) in [6.07, 6.45) is 0.796. The second-order valence-electron chi connectivity index (χ2n) is 7.22. The number of primary sulfonamides is 1. The Morgan fingerprint density at radius 3 is 2.70 bits per heavy atom. The van der Waals surface area contributed by atoms with Crippen LogP contribution >= 0.6 is 11.3 Å². The fourth-order valence-electron chi connectivity index (χ4n) is 3.74. The van der Waals surface area contributed by atoms with Gasteiger partial charge in [0.1, 0.15) is 10.7 Å². The number of thiophene rings is 1. The van der Waals surface area contributed by atoms with Gasteiger partial charge in [-0.15, -0.1) is 11.3 Å². The van der Waals surface area contributed by atoms with E-state index in [9.17, 15) is 13.2 Å². The van der Waals surface area contributed by atoms with Crippen molar-refractivity contribution in [3.05, 3.63) is 76.3 Å². The molecule has 30 heavy (non-hydrogen) atoms. The molecule has 9 heteroatoms. The maximum atomic E-state index is 12.6. The second kappa shape index (κ2) is 7.05. The van der Waals surface area contributed by atoms with E-state index in [-0.39, 0.29) is 10.5 Å². The molecule has 0 saturated heterocycles. The molecule has 0 unspecified atom stereocenters. The quantitative estimate of drug-likeness (QED) is 0.509. The molecule has 0 aliphatic carbocycles. The lowest BCUT2D eigenvalue weighted by atomic mass is 10.2. The fourth-order valence-corrected chi connectivity index (χ4v) is 5.33. The number of anilines is 1. The smallest absolute Gasteiger partial charge is 0.259 e. The van der Waals surface area contributed by atoms with E-state index in [1.165, 1.54) is 17.4 Å². The third-order valence-electron chi connectivity index (χ3n) is 5.23. The maximum absolute atomic E-state index is 12.6. The Labute approximate surface area is 176 Å². The van der Waals surface area contributed by atoms with Crippen LogP contribution in [0.25, 0.3) is 20.7 Å². The van der Waals surface area contributed by atoms with Crippen LogP contribution in [0.3, 0.4) is 0 Å². The van der Waals surface area contributed by atoms with E-state index in [1.807, 2.05) is 41.3 Å². The van der Waals surface area contributed by atoms with Crippen LogP contribution in [-0.2, 0) is 23.0 Å². The third kappa shape index (κ3) is 3.41. The number of nitrogens with two attached hydrogens (primary N) is 1. The molecule has 4 aromatic rings. The monoisotopic (exact) mass is 438 g/mol. The number of hydrogen-bond acceptors (Lipinski definition) is 6. The molecule has 0 spiro atoms. The zero-order chi connectivity index (χ0) is 20.9. The zero-order valence-corrected chi connectivity index (χ0v) is 17.5. The van der Waals surface area contributed by atoms with E-state index < -0.39 is 10.0 Å². The van der Waals surface area contributed by atoms with Crippen LogP contribution in [0.5, 0.6) is 0 Å². The van der Waals surface area contributed by atoms with Gasteiger partial charge < -0.3 is 9.88 Å². The van der Waals surface area contributed by atoms with Gasteiger partial charge in [0, 0.05) is 17.1 Å². The second-order valence-corrected chi connectivity index (χ2v) is 9.81. The number of sulfonamides is 1. The lowest BCUT2D eigenvalue weighted by Gasteiger charge is -2.19. The molecule has 2 aromatic heterocycles. The SMILES string of the molecule is NS(=O)(=O)c1ccc2c(c1)N(Cc1nc3sc(-c4ccccc4)cc3c(=O)[nH]1)CC2. The average molecular weight is 439 g/mol. The van der Waals surface area contributed by atoms with Crippen LogP contribution in [0.2, 0.25) is 0 Å². The summed E-state index contributed by atoms with van der Waals surface area (Å²) in [4.78, 5) is 24.0. The molecule has 0 bridgehead atoms. The van der Waals surface area contributed by atoms with Crippen molar-refractivity contribution in [3.63, 3.8) is 0 Å². The van der Waals surface area contributed by atoms with Gasteiger partial charge in [-0.2, -0.15) is 0 Å². The summed E-state index contributed by atoms with van der Waals surface area (Å²) >= 11 is 1.48. The van der Waals surface area contributed by atoms with Crippen LogP contribution in [-0.4, -0.2) is 24.9 Å². The Morgan fingerprint density at radius 1 is 1.13 bits per heavy atom. The van der Waals surface area contributed by atoms with E-state index in [1.54, 1.807) is 12.1 Å². The van der Waals surface area contributed by atoms with Gasteiger partial charge in [-0.05, 0) is 35.7 Å². The van der Waals surface area contributed by atoms with Crippen molar-refractivity contribution in [1.29, 1.82) is 0 Å². The Bertz CT molecular complexity index is 1430. The molecule has 2 aromatic carbocycles. The summed E-state index contributed by atoms with van der Waals surface area (Å²) in [7, 11) is -3.78. The van der Waals surface area contributed by atoms with Gasteiger partial charge in [0.15, 0.2) is 0 Å². The summed E-state index contributed by atoms with van der Waals surface area (Å²) in [5.74, 6) is 0.544. The lowest BCUT2D eigenvalue weighted by Crippen LogP contribution is -2.23. The fraction of sp³-hybridized carbons (Fsp3) is 0.143. The molecule has 0 fully saturated rings. The first-order valence-electron chi connectivity index (χ1n) is 9.37. The summed E-state index contributed by atoms with van der Waals surface area (Å²) in [6.45, 7) is 1.09. The Kier molecular flexibility index (Phi) is 4.46. The van der Waals surface area contributed by atoms with Gasteiger partial charge in [0.05, 0.1) is 16.8 Å². The normalized spacial score (nSPS) is 13.7. The first-order valence-corrected chi connectivity index (χ1v) is 11.7.